The van der Waals surface area contributed by atoms with Crippen molar-refractivity contribution in [2.45, 2.75) is 57.9 Å². The van der Waals surface area contributed by atoms with E-state index in [2.05, 4.69) is 19.2 Å². The molecule has 0 aromatic carbocycles. The molecule has 1 aliphatic carbocycles. The van der Waals surface area contributed by atoms with Gasteiger partial charge in [-0.2, -0.15) is 0 Å². The number of hydrogen-bond acceptors (Lipinski definition) is 1. The number of carbonyl (C=O) groups excluding carboxylic acids is 1. The van der Waals surface area contributed by atoms with E-state index in [1.165, 1.54) is 19.3 Å². The summed E-state index contributed by atoms with van der Waals surface area (Å²) in [6.45, 7) is 6.33. The van der Waals surface area contributed by atoms with Crippen molar-refractivity contribution in [3.05, 3.63) is 0 Å². The average molecular weight is 224 g/mol. The highest BCUT2D eigenvalue weighted by atomic mass is 16.2. The van der Waals surface area contributed by atoms with E-state index < -0.39 is 0 Å². The van der Waals surface area contributed by atoms with Gasteiger partial charge in [-0.15, -0.1) is 0 Å². The predicted octanol–water partition coefficient (Wildman–Crippen LogP) is 2.76. The van der Waals surface area contributed by atoms with Crippen molar-refractivity contribution < 1.29 is 4.79 Å². The topological polar surface area (TPSA) is 32.3 Å². The van der Waals surface area contributed by atoms with Gasteiger partial charge in [0.2, 0.25) is 0 Å². The van der Waals surface area contributed by atoms with Crippen LogP contribution in [0.2, 0.25) is 0 Å². The van der Waals surface area contributed by atoms with Crippen molar-refractivity contribution in [3.8, 4) is 0 Å². The van der Waals surface area contributed by atoms with Crippen LogP contribution in [0.3, 0.4) is 0 Å². The first kappa shape index (κ1) is 11.7. The fourth-order valence-corrected chi connectivity index (χ4v) is 2.69. The third-order valence-corrected chi connectivity index (χ3v) is 4.43. The molecule has 1 saturated carbocycles. The molecule has 3 nitrogen and oxygen atoms in total. The van der Waals surface area contributed by atoms with Crippen molar-refractivity contribution in [2.75, 3.05) is 13.1 Å². The zero-order valence-corrected chi connectivity index (χ0v) is 10.6. The molecule has 0 spiro atoms. The van der Waals surface area contributed by atoms with E-state index in [-0.39, 0.29) is 11.6 Å². The Morgan fingerprint density at radius 3 is 2.44 bits per heavy atom. The lowest BCUT2D eigenvalue weighted by Crippen LogP contribution is -2.57. The first-order chi connectivity index (χ1) is 7.65. The van der Waals surface area contributed by atoms with E-state index in [1.807, 2.05) is 4.90 Å². The molecule has 92 valence electrons. The van der Waals surface area contributed by atoms with Crippen molar-refractivity contribution in [1.29, 1.82) is 0 Å². The SMILES string of the molecule is CCC1(NC(=O)N2CCC(C)CC2)CCC1. The van der Waals surface area contributed by atoms with Crippen LogP contribution in [0.25, 0.3) is 0 Å². The van der Waals surface area contributed by atoms with Gasteiger partial charge in [0.1, 0.15) is 0 Å². The minimum absolute atomic E-state index is 0.139. The van der Waals surface area contributed by atoms with Crippen LogP contribution in [0.1, 0.15) is 52.4 Å². The van der Waals surface area contributed by atoms with E-state index >= 15 is 0 Å². The standard InChI is InChI=1S/C13H24N2O/c1-3-13(7-4-8-13)14-12(16)15-9-5-11(2)6-10-15/h11H,3-10H2,1-2H3,(H,14,16). The molecule has 0 unspecified atom stereocenters. The quantitative estimate of drug-likeness (QED) is 0.768. The fourth-order valence-electron chi connectivity index (χ4n) is 2.69. The lowest BCUT2D eigenvalue weighted by atomic mass is 9.75. The molecule has 0 atom stereocenters. The summed E-state index contributed by atoms with van der Waals surface area (Å²) in [7, 11) is 0. The van der Waals surface area contributed by atoms with E-state index in [4.69, 9.17) is 0 Å². The van der Waals surface area contributed by atoms with Gasteiger partial charge in [-0.3, -0.25) is 0 Å². The summed E-state index contributed by atoms with van der Waals surface area (Å²) in [6.07, 6.45) is 6.99. The van der Waals surface area contributed by atoms with Crippen molar-refractivity contribution in [2.24, 2.45) is 5.92 Å². The molecule has 0 radical (unpaired) electrons. The molecule has 3 heteroatoms. The Bertz CT molecular complexity index is 247. The summed E-state index contributed by atoms with van der Waals surface area (Å²) in [4.78, 5) is 14.1. The molecule has 0 aromatic heterocycles. The van der Waals surface area contributed by atoms with Crippen LogP contribution in [-0.2, 0) is 0 Å². The zero-order chi connectivity index (χ0) is 11.6. The van der Waals surface area contributed by atoms with E-state index in [0.29, 0.717) is 0 Å². The second-order valence-electron chi connectivity index (χ2n) is 5.59. The number of likely N-dealkylation sites (tertiary alicyclic amines) is 1. The first-order valence-corrected chi connectivity index (χ1v) is 6.72. The van der Waals surface area contributed by atoms with Gasteiger partial charge in [-0.05, 0) is 44.4 Å². The van der Waals surface area contributed by atoms with Gasteiger partial charge in [0.15, 0.2) is 0 Å². The molecule has 2 aliphatic rings. The Labute approximate surface area is 98.6 Å². The summed E-state index contributed by atoms with van der Waals surface area (Å²) in [6, 6.07) is 0.174. The maximum Gasteiger partial charge on any atom is 0.317 e. The molecule has 1 N–H and O–H groups in total. The van der Waals surface area contributed by atoms with Gasteiger partial charge in [0, 0.05) is 18.6 Å². The average Bonchev–Trinajstić information content (AvgIpc) is 2.24. The second kappa shape index (κ2) is 4.64. The van der Waals surface area contributed by atoms with Gasteiger partial charge < -0.3 is 10.2 Å². The van der Waals surface area contributed by atoms with Crippen molar-refractivity contribution in [1.82, 2.24) is 10.2 Å². The minimum Gasteiger partial charge on any atom is -0.333 e. The van der Waals surface area contributed by atoms with Crippen LogP contribution < -0.4 is 5.32 Å². The molecular formula is C13H24N2O. The van der Waals surface area contributed by atoms with Gasteiger partial charge in [0.05, 0.1) is 0 Å². The number of amides is 2. The van der Waals surface area contributed by atoms with Crippen LogP contribution in [-0.4, -0.2) is 29.6 Å². The molecule has 1 heterocycles. The maximum atomic E-state index is 12.1. The summed E-state index contributed by atoms with van der Waals surface area (Å²) < 4.78 is 0. The molecule has 1 saturated heterocycles. The number of hydrogen-bond donors (Lipinski definition) is 1. The van der Waals surface area contributed by atoms with Crippen molar-refractivity contribution >= 4 is 6.03 Å². The molecule has 16 heavy (non-hydrogen) atoms. The highest BCUT2D eigenvalue weighted by molar-refractivity contribution is 5.75. The minimum atomic E-state index is 0.139. The molecular weight excluding hydrogens is 200 g/mol. The van der Waals surface area contributed by atoms with Crippen molar-refractivity contribution in [3.63, 3.8) is 0 Å². The number of nitrogens with one attached hydrogen (secondary N) is 1. The van der Waals surface area contributed by atoms with Gasteiger partial charge in [-0.1, -0.05) is 13.8 Å². The van der Waals surface area contributed by atoms with Crippen LogP contribution >= 0.6 is 0 Å². The Morgan fingerprint density at radius 2 is 2.00 bits per heavy atom. The number of urea groups is 1. The monoisotopic (exact) mass is 224 g/mol. The third-order valence-electron chi connectivity index (χ3n) is 4.43. The summed E-state index contributed by atoms with van der Waals surface area (Å²) in [5, 5.41) is 3.25. The van der Waals surface area contributed by atoms with Crippen LogP contribution in [0.15, 0.2) is 0 Å². The number of nitrogens with zero attached hydrogens (tertiary/aromatic N) is 1. The van der Waals surface area contributed by atoms with E-state index in [0.717, 1.165) is 38.3 Å². The lowest BCUT2D eigenvalue weighted by Gasteiger charge is -2.43. The van der Waals surface area contributed by atoms with Gasteiger partial charge in [-0.25, -0.2) is 4.79 Å². The number of carbonyl (C=O) groups is 1. The van der Waals surface area contributed by atoms with Crippen LogP contribution in [0.4, 0.5) is 4.79 Å². The third kappa shape index (κ3) is 2.33. The first-order valence-electron chi connectivity index (χ1n) is 6.72. The Balaban J connectivity index is 1.83. The molecule has 0 aromatic rings. The molecule has 1 aliphatic heterocycles. The predicted molar refractivity (Wildman–Crippen MR) is 65.4 cm³/mol. The van der Waals surface area contributed by atoms with Crippen LogP contribution in [0, 0.1) is 5.92 Å². The Hall–Kier alpha value is -0.730. The fraction of sp³-hybridized carbons (Fsp3) is 0.923. The summed E-state index contributed by atoms with van der Waals surface area (Å²) in [5.41, 5.74) is 0.139. The number of piperidine rings is 1. The molecule has 2 rings (SSSR count). The molecule has 2 amide bonds. The normalized spacial score (nSPS) is 25.0. The summed E-state index contributed by atoms with van der Waals surface area (Å²) in [5.74, 6) is 0.785. The van der Waals surface area contributed by atoms with E-state index in [1.54, 1.807) is 0 Å². The zero-order valence-electron chi connectivity index (χ0n) is 10.6. The maximum absolute atomic E-state index is 12.1. The smallest absolute Gasteiger partial charge is 0.317 e. The van der Waals surface area contributed by atoms with Gasteiger partial charge >= 0.3 is 6.03 Å². The molecule has 2 fully saturated rings. The largest absolute Gasteiger partial charge is 0.333 e. The Kier molecular flexibility index (Phi) is 3.41. The van der Waals surface area contributed by atoms with Crippen LogP contribution in [0.5, 0.6) is 0 Å². The highest BCUT2D eigenvalue weighted by Crippen LogP contribution is 2.34. The Morgan fingerprint density at radius 1 is 1.38 bits per heavy atom. The van der Waals surface area contributed by atoms with E-state index in [9.17, 15) is 4.79 Å². The van der Waals surface area contributed by atoms with Gasteiger partial charge in [0.25, 0.3) is 0 Å². The second-order valence-corrected chi connectivity index (χ2v) is 5.59. The highest BCUT2D eigenvalue weighted by Gasteiger charge is 2.37. The number of rotatable bonds is 2. The summed E-state index contributed by atoms with van der Waals surface area (Å²) >= 11 is 0. The lowest BCUT2D eigenvalue weighted by molar-refractivity contribution is 0.134. The molecule has 0 bridgehead atoms.